The number of ketones is 4. The van der Waals surface area contributed by atoms with E-state index in [1.165, 1.54) is 29.6 Å². The summed E-state index contributed by atoms with van der Waals surface area (Å²) in [4.78, 5) is 46.0. The predicted octanol–water partition coefficient (Wildman–Crippen LogP) is 12.1. The molecule has 6 aromatic rings. The molecule has 48 heavy (non-hydrogen) atoms. The van der Waals surface area contributed by atoms with Gasteiger partial charge in [-0.2, -0.15) is 17.6 Å². The van der Waals surface area contributed by atoms with Crippen LogP contribution in [-0.4, -0.2) is 35.0 Å². The van der Waals surface area contributed by atoms with Gasteiger partial charge in [-0.3, -0.25) is 19.2 Å². The lowest BCUT2D eigenvalue weighted by Crippen LogP contribution is -2.30. The molecule has 0 saturated heterocycles. The number of benzene rings is 2. The summed E-state index contributed by atoms with van der Waals surface area (Å²) >= 11 is 5.75. The van der Waals surface area contributed by atoms with Gasteiger partial charge >= 0.3 is 11.8 Å². The van der Waals surface area contributed by atoms with E-state index in [-0.39, 0.29) is 20.9 Å². The van der Waals surface area contributed by atoms with Crippen molar-refractivity contribution in [3.05, 3.63) is 90.3 Å². The molecule has 2 aliphatic carbocycles. The number of alkyl halides is 4. The molecular weight excluding hydrogens is 701 g/mol. The molecule has 252 valence electrons. The fourth-order valence-electron chi connectivity index (χ4n) is 5.08. The van der Waals surface area contributed by atoms with Crippen molar-refractivity contribution < 1.29 is 36.7 Å². The zero-order valence-electron chi connectivity index (χ0n) is 27.4. The Kier molecular flexibility index (Phi) is 10.9. The Morgan fingerprint density at radius 3 is 1.10 bits per heavy atom. The summed E-state index contributed by atoms with van der Waals surface area (Å²) in [5.74, 6) is -13.1. The third-order valence-corrected chi connectivity index (χ3v) is 12.6. The zero-order valence-corrected chi connectivity index (χ0v) is 30.7. The van der Waals surface area contributed by atoms with E-state index < -0.39 is 35.0 Å². The Bertz CT molecular complexity index is 2060. The maximum atomic E-state index is 13.0. The summed E-state index contributed by atoms with van der Waals surface area (Å²) in [5.41, 5.74) is 0.839. The molecule has 4 nitrogen and oxygen atoms in total. The van der Waals surface area contributed by atoms with Crippen molar-refractivity contribution >= 4 is 98.1 Å². The number of rotatable bonds is 0. The number of halogens is 4. The molecule has 4 aromatic heterocycles. The first-order chi connectivity index (χ1) is 22.7. The highest BCUT2D eigenvalue weighted by atomic mass is 32.1. The summed E-state index contributed by atoms with van der Waals surface area (Å²) < 4.78 is 57.6. The van der Waals surface area contributed by atoms with E-state index in [0.717, 1.165) is 32.4 Å². The molecule has 2 aliphatic rings. The number of thiophene rings is 4. The van der Waals surface area contributed by atoms with Crippen molar-refractivity contribution in [2.24, 2.45) is 0 Å². The predicted molar refractivity (Wildman–Crippen MR) is 192 cm³/mol. The molecule has 0 amide bonds. The van der Waals surface area contributed by atoms with Crippen molar-refractivity contribution in [3.8, 4) is 0 Å². The highest BCUT2D eigenvalue weighted by Gasteiger charge is 2.58. The molecule has 0 saturated carbocycles. The van der Waals surface area contributed by atoms with Crippen molar-refractivity contribution in [2.75, 3.05) is 0 Å². The topological polar surface area (TPSA) is 68.3 Å². The van der Waals surface area contributed by atoms with Gasteiger partial charge in [0.25, 0.3) is 11.6 Å². The van der Waals surface area contributed by atoms with Crippen LogP contribution in [0.1, 0.15) is 88.6 Å². The molecule has 0 spiro atoms. The van der Waals surface area contributed by atoms with Gasteiger partial charge in [0.2, 0.25) is 11.6 Å². The van der Waals surface area contributed by atoms with Crippen LogP contribution >= 0.6 is 45.3 Å². The minimum absolute atomic E-state index is 0.0810. The van der Waals surface area contributed by atoms with Crippen LogP contribution in [0.5, 0.6) is 0 Å². The van der Waals surface area contributed by atoms with Crippen molar-refractivity contribution in [1.29, 1.82) is 0 Å². The van der Waals surface area contributed by atoms with Crippen LogP contribution in [0.3, 0.4) is 0 Å². The lowest BCUT2D eigenvalue weighted by atomic mass is 10.1. The summed E-state index contributed by atoms with van der Waals surface area (Å²) in [6.45, 7) is 14.6. The lowest BCUT2D eigenvalue weighted by Gasteiger charge is -2.03. The summed E-state index contributed by atoms with van der Waals surface area (Å²) in [6.07, 6.45) is 0. The third-order valence-electron chi connectivity index (χ3n) is 7.67. The molecule has 0 bridgehead atoms. The first-order valence-corrected chi connectivity index (χ1v) is 18.4. The molecule has 12 heteroatoms. The number of carbonyl (C=O) groups excluding carboxylic acids is 4. The second-order valence-electron chi connectivity index (χ2n) is 10.3. The minimum Gasteiger partial charge on any atom is -0.287 e. The van der Waals surface area contributed by atoms with Crippen LogP contribution in [0.4, 0.5) is 17.6 Å². The summed E-state index contributed by atoms with van der Waals surface area (Å²) in [7, 11) is 0. The van der Waals surface area contributed by atoms with Gasteiger partial charge in [0.15, 0.2) is 0 Å². The first kappa shape index (κ1) is 37.2. The molecule has 4 heterocycles. The zero-order chi connectivity index (χ0) is 35.9. The van der Waals surface area contributed by atoms with Gasteiger partial charge < -0.3 is 0 Å². The largest absolute Gasteiger partial charge is 0.372 e. The quantitative estimate of drug-likeness (QED) is 0.115. The summed E-state index contributed by atoms with van der Waals surface area (Å²) in [5, 5.41) is 2.81. The lowest BCUT2D eigenvalue weighted by molar-refractivity contribution is 0.0187. The minimum atomic E-state index is -3.83. The van der Waals surface area contributed by atoms with E-state index in [0.29, 0.717) is 11.1 Å². The van der Waals surface area contributed by atoms with E-state index in [9.17, 15) is 36.7 Å². The van der Waals surface area contributed by atoms with E-state index in [4.69, 9.17) is 0 Å². The summed E-state index contributed by atoms with van der Waals surface area (Å²) in [6, 6.07) is 17.4. The van der Waals surface area contributed by atoms with Gasteiger partial charge in [-0.1, -0.05) is 64.1 Å². The van der Waals surface area contributed by atoms with E-state index in [1.807, 2.05) is 50.4 Å². The van der Waals surface area contributed by atoms with Crippen LogP contribution in [0.25, 0.3) is 29.6 Å². The third kappa shape index (κ3) is 5.97. The Balaban J connectivity index is 0.000000155. The smallest absolute Gasteiger partial charge is 0.287 e. The Hall–Kier alpha value is -3.58. The Labute approximate surface area is 291 Å². The van der Waals surface area contributed by atoms with Crippen molar-refractivity contribution in [2.45, 2.75) is 67.2 Å². The second-order valence-corrected chi connectivity index (χ2v) is 14.8. The van der Waals surface area contributed by atoms with Crippen LogP contribution in [0, 0.1) is 27.7 Å². The number of carbonyl (C=O) groups is 4. The van der Waals surface area contributed by atoms with Crippen LogP contribution in [0.2, 0.25) is 0 Å². The fraction of sp³-hybridized carbons (Fsp3) is 0.278. The number of fused-ring (bicyclic) bond motifs is 7. The average molecular weight is 733 g/mol. The van der Waals surface area contributed by atoms with Gasteiger partial charge in [-0.05, 0) is 51.0 Å². The highest BCUT2D eigenvalue weighted by molar-refractivity contribution is 7.36. The first-order valence-electron chi connectivity index (χ1n) is 15.1. The van der Waals surface area contributed by atoms with Crippen LogP contribution in [-0.2, 0) is 0 Å². The van der Waals surface area contributed by atoms with E-state index in [2.05, 4.69) is 48.5 Å². The van der Waals surface area contributed by atoms with Crippen molar-refractivity contribution in [3.63, 3.8) is 0 Å². The van der Waals surface area contributed by atoms with E-state index in [1.54, 1.807) is 27.7 Å². The van der Waals surface area contributed by atoms with Crippen molar-refractivity contribution in [1.82, 2.24) is 0 Å². The molecule has 0 aliphatic heterocycles. The van der Waals surface area contributed by atoms with Gasteiger partial charge in [0.05, 0.1) is 19.2 Å². The van der Waals surface area contributed by atoms with Gasteiger partial charge in [-0.15, -0.1) is 45.3 Å². The molecule has 0 N–H and O–H groups in total. The molecule has 2 aromatic carbocycles. The number of Topliss-reactive ketones (excluding diaryl/α,β-unsaturated/α-hetero) is 4. The average Bonchev–Trinajstić information content (AvgIpc) is 3.86. The molecule has 0 unspecified atom stereocenters. The van der Waals surface area contributed by atoms with Crippen LogP contribution < -0.4 is 0 Å². The number of hydrogen-bond donors (Lipinski definition) is 0. The monoisotopic (exact) mass is 732 g/mol. The maximum absolute atomic E-state index is 13.0. The van der Waals surface area contributed by atoms with Crippen LogP contribution in [0.15, 0.2) is 48.5 Å². The Morgan fingerprint density at radius 1 is 0.479 bits per heavy atom. The Morgan fingerprint density at radius 2 is 0.792 bits per heavy atom. The SMILES string of the molecule is CC.CC.Cc1sc2c(c1C)C(=O)C(F)(F)C2=O.Cc1sc2c(c1C)C(=O)C(F)(F)C2=O.c1ccc2c(c1)sc1c3ccccc3sc21. The molecule has 0 radical (unpaired) electrons. The molecule has 0 atom stereocenters. The normalized spacial score (nSPS) is 15.2. The van der Waals surface area contributed by atoms with E-state index >= 15 is 0 Å². The molecule has 0 fully saturated rings. The number of aryl methyl sites for hydroxylation is 2. The maximum Gasteiger partial charge on any atom is 0.372 e. The van der Waals surface area contributed by atoms with Gasteiger partial charge in [0, 0.05) is 41.1 Å². The molecular formula is C36H32F4O4S4. The number of hydrogen-bond acceptors (Lipinski definition) is 8. The second kappa shape index (κ2) is 14.1. The standard InChI is InChI=1S/C14H8S2.2C9H6F2O2S.2C2H6/c1-3-7-11-9(5-1)13-14(15-11)10-6-2-4-8-12(10)16-13;2*1-3-4(2)14-6-5(3)7(12)9(10,11)8(6)13;2*1-2/h1-8H;2*1-2H3;2*1-2H3. The molecule has 8 rings (SSSR count). The fourth-order valence-corrected chi connectivity index (χ4v) is 9.99. The van der Waals surface area contributed by atoms with Gasteiger partial charge in [-0.25, -0.2) is 0 Å². The van der Waals surface area contributed by atoms with Gasteiger partial charge in [0.1, 0.15) is 0 Å². The highest BCUT2D eigenvalue weighted by Crippen LogP contribution is 2.44.